The molecule has 2 heterocycles. The van der Waals surface area contributed by atoms with Gasteiger partial charge in [0.25, 0.3) is 5.56 Å². The number of nitriles is 1. The summed E-state index contributed by atoms with van der Waals surface area (Å²) >= 11 is 1.99. The van der Waals surface area contributed by atoms with Gasteiger partial charge in [-0.05, 0) is 28.2 Å². The monoisotopic (exact) mass is 362 g/mol. The number of hydrogen-bond acceptors (Lipinski definition) is 3. The maximum atomic E-state index is 12.2. The number of aromatic amines is 1. The zero-order valence-electron chi connectivity index (χ0n) is 9.59. The molecule has 0 aliphatic heterocycles. The van der Waals surface area contributed by atoms with Crippen LogP contribution in [0, 0.1) is 14.9 Å². The van der Waals surface area contributed by atoms with Crippen LogP contribution in [0.5, 0.6) is 0 Å². The lowest BCUT2D eigenvalue weighted by atomic mass is 10.1. The van der Waals surface area contributed by atoms with Crippen molar-refractivity contribution in [2.45, 2.75) is 0 Å². The first-order valence-electron chi connectivity index (χ1n) is 5.47. The van der Waals surface area contributed by atoms with Gasteiger partial charge in [-0.1, -0.05) is 30.3 Å². The van der Waals surface area contributed by atoms with E-state index in [4.69, 9.17) is 5.26 Å². The van der Waals surface area contributed by atoms with Crippen molar-refractivity contribution in [3.05, 3.63) is 56.0 Å². The van der Waals surface area contributed by atoms with Crippen molar-refractivity contribution in [1.82, 2.24) is 14.6 Å². The predicted octanol–water partition coefficient (Wildman–Crippen LogP) is 2.17. The number of rotatable bonds is 1. The fourth-order valence-corrected chi connectivity index (χ4v) is 2.56. The third-order valence-electron chi connectivity index (χ3n) is 2.80. The Morgan fingerprint density at radius 3 is 2.74 bits per heavy atom. The Labute approximate surface area is 121 Å². The molecule has 0 amide bonds. The van der Waals surface area contributed by atoms with E-state index >= 15 is 0 Å². The molecule has 1 aromatic carbocycles. The summed E-state index contributed by atoms with van der Waals surface area (Å²) in [5, 5.41) is 12.9. The van der Waals surface area contributed by atoms with Gasteiger partial charge in [-0.25, -0.2) is 0 Å². The second kappa shape index (κ2) is 4.51. The molecular weight excluding hydrogens is 355 g/mol. The molecule has 1 N–H and O–H groups in total. The van der Waals surface area contributed by atoms with Gasteiger partial charge in [0, 0.05) is 0 Å². The van der Waals surface area contributed by atoms with Crippen molar-refractivity contribution in [1.29, 1.82) is 5.26 Å². The van der Waals surface area contributed by atoms with Crippen LogP contribution >= 0.6 is 22.6 Å². The summed E-state index contributed by atoms with van der Waals surface area (Å²) in [6.07, 6.45) is 1.39. The molecule has 3 rings (SSSR count). The van der Waals surface area contributed by atoms with Gasteiger partial charge in [0.05, 0.1) is 11.9 Å². The second-order valence-corrected chi connectivity index (χ2v) is 4.99. The molecule has 0 aliphatic carbocycles. The Morgan fingerprint density at radius 1 is 1.32 bits per heavy atom. The molecule has 6 heteroatoms. The summed E-state index contributed by atoms with van der Waals surface area (Å²) in [4.78, 5) is 15.3. The van der Waals surface area contributed by atoms with E-state index in [1.165, 1.54) is 10.7 Å². The van der Waals surface area contributed by atoms with E-state index in [2.05, 4.69) is 10.1 Å². The van der Waals surface area contributed by atoms with Crippen LogP contribution in [0.15, 0.2) is 41.3 Å². The van der Waals surface area contributed by atoms with Crippen LogP contribution in [-0.2, 0) is 0 Å². The summed E-state index contributed by atoms with van der Waals surface area (Å²) < 4.78 is 1.76. The summed E-state index contributed by atoms with van der Waals surface area (Å²) in [7, 11) is 0. The van der Waals surface area contributed by atoms with Crippen LogP contribution in [0.25, 0.3) is 16.9 Å². The van der Waals surface area contributed by atoms with E-state index in [1.54, 1.807) is 0 Å². The van der Waals surface area contributed by atoms with E-state index < -0.39 is 0 Å². The maximum Gasteiger partial charge on any atom is 0.288 e. The van der Waals surface area contributed by atoms with Crippen LogP contribution in [0.3, 0.4) is 0 Å². The largest absolute Gasteiger partial charge is 0.337 e. The first kappa shape index (κ1) is 11.9. The van der Waals surface area contributed by atoms with Crippen molar-refractivity contribution in [3.63, 3.8) is 0 Å². The summed E-state index contributed by atoms with van der Waals surface area (Å²) in [5.41, 5.74) is 2.15. The lowest BCUT2D eigenvalue weighted by Gasteiger charge is -2.05. The van der Waals surface area contributed by atoms with Gasteiger partial charge in [-0.15, -0.1) is 0 Å². The minimum absolute atomic E-state index is 0.227. The molecule has 0 unspecified atom stereocenters. The van der Waals surface area contributed by atoms with Gasteiger partial charge >= 0.3 is 0 Å². The van der Waals surface area contributed by atoms with E-state index in [0.29, 0.717) is 20.5 Å². The molecule has 92 valence electrons. The minimum atomic E-state index is -0.227. The Bertz CT molecular complexity index is 858. The average Bonchev–Trinajstić information content (AvgIpc) is 2.86. The third-order valence-corrected chi connectivity index (χ3v) is 3.80. The Hall–Kier alpha value is -2.14. The van der Waals surface area contributed by atoms with Crippen LogP contribution in [0.2, 0.25) is 0 Å². The highest BCUT2D eigenvalue weighted by Crippen LogP contribution is 2.21. The molecule has 19 heavy (non-hydrogen) atoms. The van der Waals surface area contributed by atoms with Gasteiger partial charge in [0.15, 0.2) is 5.65 Å². The number of aromatic nitrogens is 3. The number of nitrogens with one attached hydrogen (secondary N) is 1. The van der Waals surface area contributed by atoms with E-state index in [1.807, 2.05) is 59.0 Å². The highest BCUT2D eigenvalue weighted by Gasteiger charge is 2.14. The molecule has 2 aromatic heterocycles. The highest BCUT2D eigenvalue weighted by atomic mass is 127. The molecule has 0 saturated carbocycles. The molecule has 0 bridgehead atoms. The minimum Gasteiger partial charge on any atom is -0.337 e. The quantitative estimate of drug-likeness (QED) is 0.675. The Balaban J connectivity index is 2.41. The highest BCUT2D eigenvalue weighted by molar-refractivity contribution is 14.1. The van der Waals surface area contributed by atoms with E-state index in [-0.39, 0.29) is 5.56 Å². The third kappa shape index (κ3) is 1.82. The summed E-state index contributed by atoms with van der Waals surface area (Å²) in [5.74, 6) is 0. The molecule has 3 aromatic rings. The fraction of sp³-hybridized carbons (Fsp3) is 0. The zero-order valence-corrected chi connectivity index (χ0v) is 11.7. The SMILES string of the molecule is N#Cc1cnn2c(=O)c(I)c(-c3ccccc3)[nH]c12. The lowest BCUT2D eigenvalue weighted by Crippen LogP contribution is -2.19. The van der Waals surface area contributed by atoms with E-state index in [0.717, 1.165) is 5.56 Å². The first-order valence-corrected chi connectivity index (χ1v) is 6.55. The molecule has 0 atom stereocenters. The maximum absolute atomic E-state index is 12.2. The van der Waals surface area contributed by atoms with Crippen LogP contribution in [0.1, 0.15) is 5.56 Å². The first-order chi connectivity index (χ1) is 9.22. The van der Waals surface area contributed by atoms with Crippen molar-refractivity contribution in [2.24, 2.45) is 0 Å². The number of H-pyrrole nitrogens is 1. The average molecular weight is 362 g/mol. The van der Waals surface area contributed by atoms with Gasteiger partial charge < -0.3 is 4.98 Å². The molecule has 0 saturated heterocycles. The van der Waals surface area contributed by atoms with Crippen LogP contribution in [0.4, 0.5) is 0 Å². The normalized spacial score (nSPS) is 10.5. The molecule has 0 radical (unpaired) electrons. The van der Waals surface area contributed by atoms with Crippen molar-refractivity contribution in [2.75, 3.05) is 0 Å². The topological polar surface area (TPSA) is 74.0 Å². The van der Waals surface area contributed by atoms with Crippen molar-refractivity contribution in [3.8, 4) is 17.3 Å². The van der Waals surface area contributed by atoms with Crippen LogP contribution in [-0.4, -0.2) is 14.6 Å². The smallest absolute Gasteiger partial charge is 0.288 e. The zero-order chi connectivity index (χ0) is 13.4. The van der Waals surface area contributed by atoms with Crippen molar-refractivity contribution >= 4 is 28.2 Å². The van der Waals surface area contributed by atoms with Gasteiger partial charge in [-0.2, -0.15) is 14.9 Å². The Kier molecular flexibility index (Phi) is 2.83. The van der Waals surface area contributed by atoms with E-state index in [9.17, 15) is 4.79 Å². The number of fused-ring (bicyclic) bond motifs is 1. The summed E-state index contributed by atoms with van der Waals surface area (Å²) in [6.45, 7) is 0. The molecule has 0 spiro atoms. The van der Waals surface area contributed by atoms with Gasteiger partial charge in [0.2, 0.25) is 0 Å². The predicted molar refractivity (Wildman–Crippen MR) is 78.7 cm³/mol. The molecule has 0 aliphatic rings. The molecule has 0 fully saturated rings. The lowest BCUT2D eigenvalue weighted by molar-refractivity contribution is 0.892. The van der Waals surface area contributed by atoms with Crippen LogP contribution < -0.4 is 5.56 Å². The Morgan fingerprint density at radius 2 is 2.05 bits per heavy atom. The molecule has 5 nitrogen and oxygen atoms in total. The number of benzene rings is 1. The van der Waals surface area contributed by atoms with Crippen molar-refractivity contribution < 1.29 is 0 Å². The fourth-order valence-electron chi connectivity index (χ4n) is 1.88. The number of hydrogen-bond donors (Lipinski definition) is 1. The molecular formula is C13H7IN4O. The van der Waals surface area contributed by atoms with Gasteiger partial charge in [0.1, 0.15) is 15.2 Å². The standard InChI is InChI=1S/C13H7IN4O/c14-10-11(8-4-2-1-3-5-8)17-12-9(6-15)7-16-18(12)13(10)19/h1-5,7,17H. The summed E-state index contributed by atoms with van der Waals surface area (Å²) in [6, 6.07) is 11.5. The second-order valence-electron chi connectivity index (χ2n) is 3.92. The number of nitrogens with zero attached hydrogens (tertiary/aromatic N) is 3. The van der Waals surface area contributed by atoms with Gasteiger partial charge in [-0.3, -0.25) is 4.79 Å². The number of halogens is 1.